The summed E-state index contributed by atoms with van der Waals surface area (Å²) in [5.74, 6) is -0.608. The SMILES string of the molecule is C/C=C/COc1cc(C(=O)O)cc(CC)n1. The second kappa shape index (κ2) is 5.90. The van der Waals surface area contributed by atoms with Gasteiger partial charge in [-0.2, -0.15) is 0 Å². The van der Waals surface area contributed by atoms with Crippen LogP contribution in [-0.2, 0) is 6.42 Å². The van der Waals surface area contributed by atoms with Gasteiger partial charge in [-0.1, -0.05) is 19.1 Å². The number of hydrogen-bond acceptors (Lipinski definition) is 3. The number of carboxylic acid groups (broad SMARTS) is 1. The molecule has 0 radical (unpaired) electrons. The summed E-state index contributed by atoms with van der Waals surface area (Å²) >= 11 is 0. The number of allylic oxidation sites excluding steroid dienone is 1. The van der Waals surface area contributed by atoms with Crippen molar-refractivity contribution in [3.63, 3.8) is 0 Å². The fourth-order valence-electron chi connectivity index (χ4n) is 1.17. The summed E-state index contributed by atoms with van der Waals surface area (Å²) in [7, 11) is 0. The number of aryl methyl sites for hydroxylation is 1. The van der Waals surface area contributed by atoms with Crippen molar-refractivity contribution >= 4 is 5.97 Å². The Balaban J connectivity index is 2.90. The Kier molecular flexibility index (Phi) is 4.51. The van der Waals surface area contributed by atoms with Gasteiger partial charge in [0, 0.05) is 11.8 Å². The lowest BCUT2D eigenvalue weighted by Gasteiger charge is -2.05. The molecule has 86 valence electrons. The Bertz CT molecular complexity index is 399. The average Bonchev–Trinajstić information content (AvgIpc) is 2.29. The van der Waals surface area contributed by atoms with Gasteiger partial charge in [0.25, 0.3) is 0 Å². The molecule has 0 aliphatic heterocycles. The van der Waals surface area contributed by atoms with Gasteiger partial charge in [-0.05, 0) is 19.4 Å². The number of ether oxygens (including phenoxy) is 1. The molecule has 0 amide bonds. The second-order valence-electron chi connectivity index (χ2n) is 3.22. The first-order valence-electron chi connectivity index (χ1n) is 5.15. The summed E-state index contributed by atoms with van der Waals surface area (Å²) in [6.45, 7) is 4.21. The molecule has 0 aromatic carbocycles. The van der Waals surface area contributed by atoms with Crippen LogP contribution in [0.3, 0.4) is 0 Å². The number of pyridine rings is 1. The lowest BCUT2D eigenvalue weighted by molar-refractivity contribution is 0.0696. The molecule has 1 N–H and O–H groups in total. The third kappa shape index (κ3) is 3.38. The van der Waals surface area contributed by atoms with Crippen molar-refractivity contribution in [2.45, 2.75) is 20.3 Å². The summed E-state index contributed by atoms with van der Waals surface area (Å²) < 4.78 is 5.32. The van der Waals surface area contributed by atoms with Crippen molar-refractivity contribution in [1.82, 2.24) is 4.98 Å². The Labute approximate surface area is 94.6 Å². The quantitative estimate of drug-likeness (QED) is 0.775. The highest BCUT2D eigenvalue weighted by Gasteiger charge is 2.08. The summed E-state index contributed by atoms with van der Waals surface area (Å²) in [6, 6.07) is 3.00. The number of rotatable bonds is 5. The zero-order valence-corrected chi connectivity index (χ0v) is 9.43. The van der Waals surface area contributed by atoms with E-state index < -0.39 is 5.97 Å². The predicted molar refractivity (Wildman–Crippen MR) is 60.9 cm³/mol. The topological polar surface area (TPSA) is 59.4 Å². The third-order valence-electron chi connectivity index (χ3n) is 2.03. The maximum atomic E-state index is 10.9. The van der Waals surface area contributed by atoms with Crippen LogP contribution in [0.2, 0.25) is 0 Å². The minimum Gasteiger partial charge on any atom is -0.478 e. The first-order valence-corrected chi connectivity index (χ1v) is 5.15. The largest absolute Gasteiger partial charge is 0.478 e. The molecule has 0 saturated heterocycles. The molecule has 1 rings (SSSR count). The van der Waals surface area contributed by atoms with Gasteiger partial charge in [0.2, 0.25) is 5.88 Å². The van der Waals surface area contributed by atoms with E-state index in [1.54, 1.807) is 6.07 Å². The number of carboxylic acids is 1. The predicted octanol–water partition coefficient (Wildman–Crippen LogP) is 2.30. The highest BCUT2D eigenvalue weighted by molar-refractivity contribution is 5.88. The van der Waals surface area contributed by atoms with Gasteiger partial charge in [-0.25, -0.2) is 9.78 Å². The van der Waals surface area contributed by atoms with Gasteiger partial charge in [0.1, 0.15) is 6.61 Å². The molecular formula is C12H15NO3. The smallest absolute Gasteiger partial charge is 0.335 e. The molecule has 0 bridgehead atoms. The maximum Gasteiger partial charge on any atom is 0.335 e. The molecule has 0 aliphatic carbocycles. The standard InChI is InChI=1S/C12H15NO3/c1-3-5-6-16-11-8-9(12(14)15)7-10(4-2)13-11/h3,5,7-8H,4,6H2,1-2H3,(H,14,15)/b5-3+. The van der Waals surface area contributed by atoms with Gasteiger partial charge in [-0.3, -0.25) is 0 Å². The molecular weight excluding hydrogens is 206 g/mol. The summed E-state index contributed by atoms with van der Waals surface area (Å²) in [5.41, 5.74) is 0.928. The van der Waals surface area contributed by atoms with Crippen molar-refractivity contribution in [1.29, 1.82) is 0 Å². The van der Waals surface area contributed by atoms with Gasteiger partial charge in [-0.15, -0.1) is 0 Å². The number of aromatic nitrogens is 1. The molecule has 0 aliphatic rings. The Morgan fingerprint density at radius 3 is 2.88 bits per heavy atom. The Hall–Kier alpha value is -1.84. The fourth-order valence-corrected chi connectivity index (χ4v) is 1.17. The van der Waals surface area contributed by atoms with Gasteiger partial charge < -0.3 is 9.84 Å². The van der Waals surface area contributed by atoms with Crippen LogP contribution < -0.4 is 4.74 Å². The molecule has 1 aromatic heterocycles. The molecule has 1 aromatic rings. The Morgan fingerprint density at radius 1 is 1.56 bits per heavy atom. The molecule has 0 spiro atoms. The summed E-state index contributed by atoms with van der Waals surface area (Å²) in [6.07, 6.45) is 4.38. The van der Waals surface area contributed by atoms with E-state index in [4.69, 9.17) is 9.84 Å². The summed E-state index contributed by atoms with van der Waals surface area (Å²) in [5, 5.41) is 8.90. The van der Waals surface area contributed by atoms with Crippen molar-refractivity contribution in [3.05, 3.63) is 35.5 Å². The third-order valence-corrected chi connectivity index (χ3v) is 2.03. The molecule has 0 saturated carbocycles. The number of hydrogen-bond donors (Lipinski definition) is 1. The molecule has 0 unspecified atom stereocenters. The average molecular weight is 221 g/mol. The molecule has 1 heterocycles. The van der Waals surface area contributed by atoms with Crippen molar-refractivity contribution in [2.24, 2.45) is 0 Å². The minimum atomic E-state index is -0.965. The summed E-state index contributed by atoms with van der Waals surface area (Å²) in [4.78, 5) is 15.0. The highest BCUT2D eigenvalue weighted by atomic mass is 16.5. The highest BCUT2D eigenvalue weighted by Crippen LogP contribution is 2.13. The number of carbonyl (C=O) groups is 1. The monoisotopic (exact) mass is 221 g/mol. The van der Waals surface area contributed by atoms with Gasteiger partial charge in [0.15, 0.2) is 0 Å². The molecule has 0 fully saturated rings. The molecule has 4 nitrogen and oxygen atoms in total. The first-order chi connectivity index (χ1) is 7.67. The van der Waals surface area contributed by atoms with E-state index >= 15 is 0 Å². The van der Waals surface area contributed by atoms with Gasteiger partial charge >= 0.3 is 5.97 Å². The van der Waals surface area contributed by atoms with E-state index in [1.165, 1.54) is 6.07 Å². The van der Waals surface area contributed by atoms with Crippen molar-refractivity contribution in [2.75, 3.05) is 6.61 Å². The lowest BCUT2D eigenvalue weighted by atomic mass is 10.2. The Morgan fingerprint density at radius 2 is 2.31 bits per heavy atom. The molecule has 4 heteroatoms. The van der Waals surface area contributed by atoms with Crippen molar-refractivity contribution < 1.29 is 14.6 Å². The van der Waals surface area contributed by atoms with Crippen molar-refractivity contribution in [3.8, 4) is 5.88 Å². The first kappa shape index (κ1) is 12.2. The van der Waals surface area contributed by atoms with Crippen LogP contribution in [0.15, 0.2) is 24.3 Å². The molecule has 0 atom stereocenters. The zero-order valence-electron chi connectivity index (χ0n) is 9.43. The van der Waals surface area contributed by atoms with E-state index in [2.05, 4.69) is 4.98 Å². The van der Waals surface area contributed by atoms with Crippen LogP contribution in [0, 0.1) is 0 Å². The second-order valence-corrected chi connectivity index (χ2v) is 3.22. The van der Waals surface area contributed by atoms with E-state index in [9.17, 15) is 4.79 Å². The van der Waals surface area contributed by atoms with Crippen LogP contribution >= 0.6 is 0 Å². The zero-order chi connectivity index (χ0) is 12.0. The minimum absolute atomic E-state index is 0.210. The fraction of sp³-hybridized carbons (Fsp3) is 0.333. The van der Waals surface area contributed by atoms with Crippen LogP contribution in [0.25, 0.3) is 0 Å². The van der Waals surface area contributed by atoms with E-state index in [0.717, 1.165) is 5.69 Å². The number of nitrogens with zero attached hydrogens (tertiary/aromatic N) is 1. The van der Waals surface area contributed by atoms with E-state index in [1.807, 2.05) is 26.0 Å². The normalized spacial score (nSPS) is 10.6. The molecule has 16 heavy (non-hydrogen) atoms. The number of aromatic carboxylic acids is 1. The lowest BCUT2D eigenvalue weighted by Crippen LogP contribution is -2.03. The van der Waals surface area contributed by atoms with E-state index in [0.29, 0.717) is 18.9 Å². The van der Waals surface area contributed by atoms with Crippen LogP contribution in [-0.4, -0.2) is 22.7 Å². The van der Waals surface area contributed by atoms with Crippen LogP contribution in [0.5, 0.6) is 5.88 Å². The van der Waals surface area contributed by atoms with Crippen LogP contribution in [0.4, 0.5) is 0 Å². The maximum absolute atomic E-state index is 10.9. The van der Waals surface area contributed by atoms with E-state index in [-0.39, 0.29) is 5.56 Å². The van der Waals surface area contributed by atoms with Crippen LogP contribution in [0.1, 0.15) is 29.9 Å². The van der Waals surface area contributed by atoms with Gasteiger partial charge in [0.05, 0.1) is 5.56 Å².